The van der Waals surface area contributed by atoms with Gasteiger partial charge in [0.2, 0.25) is 0 Å². The van der Waals surface area contributed by atoms with Crippen molar-refractivity contribution >= 4 is 11.8 Å². The third-order valence-electron chi connectivity index (χ3n) is 1.78. The molecule has 0 aliphatic rings. The molecule has 15 heavy (non-hydrogen) atoms. The Labute approximate surface area is 96.0 Å². The van der Waals surface area contributed by atoms with E-state index < -0.39 is 0 Å². The van der Waals surface area contributed by atoms with Gasteiger partial charge >= 0.3 is 0 Å². The van der Waals surface area contributed by atoms with Gasteiger partial charge in [0.25, 0.3) is 0 Å². The molecule has 84 valence electrons. The summed E-state index contributed by atoms with van der Waals surface area (Å²) in [6.45, 7) is 6.17. The van der Waals surface area contributed by atoms with Gasteiger partial charge in [-0.05, 0) is 45.0 Å². The lowest BCUT2D eigenvalue weighted by Crippen LogP contribution is -2.18. The fourth-order valence-corrected chi connectivity index (χ4v) is 1.82. The second-order valence-corrected chi connectivity index (χ2v) is 5.19. The van der Waals surface area contributed by atoms with E-state index in [9.17, 15) is 0 Å². The normalized spacial score (nSPS) is 11.5. The molecule has 3 heteroatoms. The van der Waals surface area contributed by atoms with Gasteiger partial charge in [-0.25, -0.2) is 0 Å². The van der Waals surface area contributed by atoms with E-state index in [1.807, 2.05) is 24.3 Å². The molecule has 0 aromatic heterocycles. The second kappa shape index (κ2) is 5.42. The first-order chi connectivity index (χ1) is 7.01. The molecule has 0 fully saturated rings. The Kier molecular flexibility index (Phi) is 4.48. The van der Waals surface area contributed by atoms with E-state index in [-0.39, 0.29) is 5.60 Å². The molecular weight excluding hydrogens is 208 g/mol. The van der Waals surface area contributed by atoms with E-state index in [1.165, 1.54) is 4.90 Å². The van der Waals surface area contributed by atoms with Crippen LogP contribution >= 0.6 is 11.8 Å². The molecule has 0 aliphatic heterocycles. The predicted octanol–water partition coefficient (Wildman–Crippen LogP) is 3.56. The van der Waals surface area contributed by atoms with E-state index >= 15 is 0 Å². The van der Waals surface area contributed by atoms with Crippen molar-refractivity contribution < 1.29 is 9.47 Å². The molecule has 0 heterocycles. The molecule has 0 N–H and O–H groups in total. The molecule has 0 bridgehead atoms. The van der Waals surface area contributed by atoms with Crippen LogP contribution in [0.5, 0.6) is 5.75 Å². The number of rotatable bonds is 4. The number of thioether (sulfide) groups is 1. The van der Waals surface area contributed by atoms with Gasteiger partial charge in [-0.3, -0.25) is 0 Å². The fraction of sp³-hybridized carbons (Fsp3) is 0.500. The van der Waals surface area contributed by atoms with Crippen molar-refractivity contribution in [2.24, 2.45) is 0 Å². The zero-order chi connectivity index (χ0) is 11.3. The highest BCUT2D eigenvalue weighted by atomic mass is 32.2. The predicted molar refractivity (Wildman–Crippen MR) is 64.6 cm³/mol. The summed E-state index contributed by atoms with van der Waals surface area (Å²) in [5.74, 6) is 1.56. The number of hydrogen-bond acceptors (Lipinski definition) is 3. The monoisotopic (exact) mass is 226 g/mol. The van der Waals surface area contributed by atoms with Crippen LogP contribution in [0.3, 0.4) is 0 Å². The highest BCUT2D eigenvalue weighted by Gasteiger charge is 2.09. The molecule has 0 radical (unpaired) electrons. The Morgan fingerprint density at radius 1 is 1.13 bits per heavy atom. The van der Waals surface area contributed by atoms with Crippen LogP contribution in [0.4, 0.5) is 0 Å². The zero-order valence-electron chi connectivity index (χ0n) is 9.74. The zero-order valence-corrected chi connectivity index (χ0v) is 10.6. The molecule has 0 amide bonds. The van der Waals surface area contributed by atoms with Crippen LogP contribution in [0.15, 0.2) is 29.2 Å². The van der Waals surface area contributed by atoms with Crippen LogP contribution in [0, 0.1) is 0 Å². The van der Waals surface area contributed by atoms with Gasteiger partial charge in [0, 0.05) is 4.90 Å². The molecule has 2 nitrogen and oxygen atoms in total. The number of methoxy groups -OCH3 is 1. The molecule has 0 atom stereocenters. The van der Waals surface area contributed by atoms with Crippen molar-refractivity contribution in [3.05, 3.63) is 24.3 Å². The molecule has 1 rings (SSSR count). The maximum absolute atomic E-state index is 5.62. The summed E-state index contributed by atoms with van der Waals surface area (Å²) in [6.07, 6.45) is 0. The number of hydrogen-bond donors (Lipinski definition) is 0. The number of benzene rings is 1. The summed E-state index contributed by atoms with van der Waals surface area (Å²) in [5, 5.41) is 0. The smallest absolute Gasteiger partial charge is 0.118 e. The van der Waals surface area contributed by atoms with Crippen molar-refractivity contribution in [1.29, 1.82) is 0 Å². The average Bonchev–Trinajstić information content (AvgIpc) is 2.17. The SMILES string of the molecule is COc1ccc(SCOC(C)(C)C)cc1. The second-order valence-electron chi connectivity index (χ2n) is 4.19. The lowest BCUT2D eigenvalue weighted by atomic mass is 10.2. The minimum atomic E-state index is -0.0700. The molecular formula is C12H18O2S. The topological polar surface area (TPSA) is 18.5 Å². The largest absolute Gasteiger partial charge is 0.497 e. The summed E-state index contributed by atoms with van der Waals surface area (Å²) in [7, 11) is 1.67. The van der Waals surface area contributed by atoms with Crippen molar-refractivity contribution in [1.82, 2.24) is 0 Å². The third-order valence-corrected chi connectivity index (χ3v) is 2.62. The van der Waals surface area contributed by atoms with Crippen LogP contribution in [0.1, 0.15) is 20.8 Å². The quantitative estimate of drug-likeness (QED) is 0.577. The van der Waals surface area contributed by atoms with E-state index in [0.717, 1.165) is 5.75 Å². The van der Waals surface area contributed by atoms with Crippen molar-refractivity contribution in [2.45, 2.75) is 31.3 Å². The van der Waals surface area contributed by atoms with Crippen LogP contribution in [0.2, 0.25) is 0 Å². The van der Waals surface area contributed by atoms with Crippen LogP contribution in [-0.4, -0.2) is 18.6 Å². The van der Waals surface area contributed by atoms with Crippen LogP contribution in [-0.2, 0) is 4.74 Å². The Morgan fingerprint density at radius 3 is 2.20 bits per heavy atom. The lowest BCUT2D eigenvalue weighted by Gasteiger charge is -2.18. The van der Waals surface area contributed by atoms with Gasteiger partial charge in [-0.15, -0.1) is 0 Å². The Morgan fingerprint density at radius 2 is 1.73 bits per heavy atom. The highest BCUT2D eigenvalue weighted by molar-refractivity contribution is 7.99. The summed E-state index contributed by atoms with van der Waals surface area (Å²) >= 11 is 1.69. The maximum atomic E-state index is 5.62. The minimum absolute atomic E-state index is 0.0700. The Balaban J connectivity index is 2.38. The summed E-state index contributed by atoms with van der Waals surface area (Å²) in [5.41, 5.74) is -0.0700. The van der Waals surface area contributed by atoms with Gasteiger partial charge < -0.3 is 9.47 Å². The first kappa shape index (κ1) is 12.4. The molecule has 0 saturated heterocycles. The Bertz CT molecular complexity index is 287. The molecule has 0 unspecified atom stereocenters. The summed E-state index contributed by atoms with van der Waals surface area (Å²) in [6, 6.07) is 7.99. The minimum Gasteiger partial charge on any atom is -0.497 e. The van der Waals surface area contributed by atoms with Gasteiger partial charge in [0.15, 0.2) is 0 Å². The van der Waals surface area contributed by atoms with Crippen molar-refractivity contribution in [2.75, 3.05) is 13.0 Å². The van der Waals surface area contributed by atoms with Gasteiger partial charge in [-0.2, -0.15) is 0 Å². The number of ether oxygens (including phenoxy) is 2. The Hall–Kier alpha value is -0.670. The maximum Gasteiger partial charge on any atom is 0.118 e. The molecule has 0 spiro atoms. The van der Waals surface area contributed by atoms with Crippen LogP contribution < -0.4 is 4.74 Å². The first-order valence-electron chi connectivity index (χ1n) is 4.92. The van der Waals surface area contributed by atoms with Crippen molar-refractivity contribution in [3.63, 3.8) is 0 Å². The fourth-order valence-electron chi connectivity index (χ4n) is 0.946. The van der Waals surface area contributed by atoms with E-state index in [2.05, 4.69) is 20.8 Å². The van der Waals surface area contributed by atoms with Gasteiger partial charge in [0.05, 0.1) is 18.6 Å². The van der Waals surface area contributed by atoms with Crippen LogP contribution in [0.25, 0.3) is 0 Å². The van der Waals surface area contributed by atoms with Crippen molar-refractivity contribution in [3.8, 4) is 5.75 Å². The van der Waals surface area contributed by atoms with Gasteiger partial charge in [-0.1, -0.05) is 11.8 Å². The lowest BCUT2D eigenvalue weighted by molar-refractivity contribution is 0.0288. The van der Waals surface area contributed by atoms with E-state index in [4.69, 9.17) is 9.47 Å². The van der Waals surface area contributed by atoms with E-state index in [1.54, 1.807) is 18.9 Å². The standard InChI is InChI=1S/C12H18O2S/c1-12(2,3)14-9-15-11-7-5-10(13-4)6-8-11/h5-8H,9H2,1-4H3. The molecule has 0 saturated carbocycles. The van der Waals surface area contributed by atoms with Gasteiger partial charge in [0.1, 0.15) is 5.75 Å². The first-order valence-corrected chi connectivity index (χ1v) is 5.90. The third kappa shape index (κ3) is 5.09. The molecule has 0 aliphatic carbocycles. The average molecular weight is 226 g/mol. The summed E-state index contributed by atoms with van der Waals surface area (Å²) < 4.78 is 10.7. The van der Waals surface area contributed by atoms with E-state index in [0.29, 0.717) is 5.94 Å². The highest BCUT2D eigenvalue weighted by Crippen LogP contribution is 2.22. The molecule has 1 aromatic carbocycles. The summed E-state index contributed by atoms with van der Waals surface area (Å²) in [4.78, 5) is 1.19. The molecule has 1 aromatic rings.